The maximum atomic E-state index is 10.5. The normalized spacial score (nSPS) is 8.44. The summed E-state index contributed by atoms with van der Waals surface area (Å²) >= 11 is 5.47. The number of halogens is 1. The van der Waals surface area contributed by atoms with E-state index in [0.717, 1.165) is 5.57 Å². The fraction of sp³-hybridized carbons (Fsp3) is 0.500. The fourth-order valence-electron chi connectivity index (χ4n) is 0.294. The molecule has 3 heteroatoms. The minimum absolute atomic E-state index is 0.164. The van der Waals surface area contributed by atoms with Crippen LogP contribution in [0, 0.1) is 0 Å². The van der Waals surface area contributed by atoms with Crippen molar-refractivity contribution in [1.29, 1.82) is 0 Å². The van der Waals surface area contributed by atoms with Crippen LogP contribution in [0.1, 0.15) is 13.8 Å². The van der Waals surface area contributed by atoms with Crippen molar-refractivity contribution in [2.75, 3.05) is 7.11 Å². The average molecular weight is 149 g/mol. The van der Waals surface area contributed by atoms with Gasteiger partial charge in [-0.2, -0.15) is 0 Å². The number of esters is 1. The summed E-state index contributed by atoms with van der Waals surface area (Å²) in [5, 5.41) is 0.164. The molecule has 0 rings (SSSR count). The molecule has 0 aliphatic heterocycles. The van der Waals surface area contributed by atoms with E-state index in [1.165, 1.54) is 7.11 Å². The summed E-state index contributed by atoms with van der Waals surface area (Å²) in [4.78, 5) is 10.5. The van der Waals surface area contributed by atoms with E-state index in [0.29, 0.717) is 0 Å². The number of carbonyl (C=O) groups excluding carboxylic acids is 1. The number of methoxy groups -OCH3 is 1. The monoisotopic (exact) mass is 148 g/mol. The van der Waals surface area contributed by atoms with Gasteiger partial charge < -0.3 is 4.74 Å². The lowest BCUT2D eigenvalue weighted by molar-refractivity contribution is -0.135. The van der Waals surface area contributed by atoms with E-state index in [9.17, 15) is 4.79 Å². The van der Waals surface area contributed by atoms with Gasteiger partial charge in [-0.05, 0) is 13.8 Å². The predicted octanol–water partition coefficient (Wildman–Crippen LogP) is 1.69. The first-order valence-corrected chi connectivity index (χ1v) is 2.88. The summed E-state index contributed by atoms with van der Waals surface area (Å²) in [6.45, 7) is 3.50. The number of allylic oxidation sites excluding steroid dienone is 1. The van der Waals surface area contributed by atoms with Crippen molar-refractivity contribution in [1.82, 2.24) is 0 Å². The third-order valence-corrected chi connectivity index (χ3v) is 1.34. The molecule has 0 spiro atoms. The lowest BCUT2D eigenvalue weighted by atomic mass is 10.3. The van der Waals surface area contributed by atoms with E-state index in [-0.39, 0.29) is 5.03 Å². The number of hydrogen-bond acceptors (Lipinski definition) is 2. The second kappa shape index (κ2) is 3.51. The van der Waals surface area contributed by atoms with Gasteiger partial charge in [-0.1, -0.05) is 17.2 Å². The van der Waals surface area contributed by atoms with Crippen LogP contribution in [0.25, 0.3) is 0 Å². The van der Waals surface area contributed by atoms with Gasteiger partial charge in [0.15, 0.2) is 0 Å². The Hall–Kier alpha value is -0.500. The highest BCUT2D eigenvalue weighted by Crippen LogP contribution is 2.08. The van der Waals surface area contributed by atoms with Gasteiger partial charge in [0.1, 0.15) is 5.03 Å². The van der Waals surface area contributed by atoms with Crippen molar-refractivity contribution >= 4 is 17.6 Å². The first kappa shape index (κ1) is 8.50. The quantitative estimate of drug-likeness (QED) is 0.418. The zero-order chi connectivity index (χ0) is 7.44. The van der Waals surface area contributed by atoms with E-state index in [1.54, 1.807) is 13.8 Å². The Balaban J connectivity index is 4.21. The highest BCUT2D eigenvalue weighted by Gasteiger charge is 2.05. The largest absolute Gasteiger partial charge is 0.465 e. The van der Waals surface area contributed by atoms with Gasteiger partial charge in [-0.3, -0.25) is 0 Å². The van der Waals surface area contributed by atoms with Gasteiger partial charge in [0.2, 0.25) is 0 Å². The zero-order valence-electron chi connectivity index (χ0n) is 5.69. The molecule has 9 heavy (non-hydrogen) atoms. The van der Waals surface area contributed by atoms with Crippen molar-refractivity contribution in [2.24, 2.45) is 0 Å². The minimum atomic E-state index is -0.475. The summed E-state index contributed by atoms with van der Waals surface area (Å²) in [5.74, 6) is -0.475. The SMILES string of the molecule is COC(=O)C(Cl)=C(C)C. The lowest BCUT2D eigenvalue weighted by Gasteiger charge is -1.96. The summed E-state index contributed by atoms with van der Waals surface area (Å²) < 4.78 is 4.34. The predicted molar refractivity (Wildman–Crippen MR) is 36.2 cm³/mol. The minimum Gasteiger partial charge on any atom is -0.465 e. The summed E-state index contributed by atoms with van der Waals surface area (Å²) in [6, 6.07) is 0. The molecular weight excluding hydrogens is 140 g/mol. The van der Waals surface area contributed by atoms with Gasteiger partial charge in [0, 0.05) is 0 Å². The maximum Gasteiger partial charge on any atom is 0.349 e. The molecule has 52 valence electrons. The van der Waals surface area contributed by atoms with Crippen LogP contribution >= 0.6 is 11.6 Å². The Kier molecular flexibility index (Phi) is 3.32. The molecule has 0 amide bonds. The van der Waals surface area contributed by atoms with E-state index in [4.69, 9.17) is 11.6 Å². The van der Waals surface area contributed by atoms with Crippen LogP contribution in [0.4, 0.5) is 0 Å². The average Bonchev–Trinajstić information content (AvgIpc) is 1.84. The van der Waals surface area contributed by atoms with Crippen LogP contribution < -0.4 is 0 Å². The molecule has 0 radical (unpaired) electrons. The first-order chi connectivity index (χ1) is 4.09. The molecule has 0 saturated heterocycles. The van der Waals surface area contributed by atoms with Crippen LogP contribution in [0.2, 0.25) is 0 Å². The van der Waals surface area contributed by atoms with E-state index >= 15 is 0 Å². The lowest BCUT2D eigenvalue weighted by Crippen LogP contribution is -2.00. The molecule has 0 bridgehead atoms. The van der Waals surface area contributed by atoms with Gasteiger partial charge >= 0.3 is 5.97 Å². The molecule has 0 aromatic rings. The van der Waals surface area contributed by atoms with Crippen LogP contribution in [-0.2, 0) is 9.53 Å². The Morgan fingerprint density at radius 1 is 1.44 bits per heavy atom. The van der Waals surface area contributed by atoms with Crippen LogP contribution in [0.5, 0.6) is 0 Å². The summed E-state index contributed by atoms with van der Waals surface area (Å²) in [5.41, 5.74) is 0.767. The molecule has 0 N–H and O–H groups in total. The molecule has 0 aromatic carbocycles. The van der Waals surface area contributed by atoms with Crippen LogP contribution in [-0.4, -0.2) is 13.1 Å². The van der Waals surface area contributed by atoms with Gasteiger partial charge in [0.05, 0.1) is 7.11 Å². The van der Waals surface area contributed by atoms with Crippen molar-refractivity contribution in [3.05, 3.63) is 10.6 Å². The second-order valence-electron chi connectivity index (χ2n) is 1.81. The summed E-state index contributed by atoms with van der Waals surface area (Å²) in [6.07, 6.45) is 0. The molecule has 2 nitrogen and oxygen atoms in total. The number of carbonyl (C=O) groups is 1. The van der Waals surface area contributed by atoms with Crippen molar-refractivity contribution in [2.45, 2.75) is 13.8 Å². The molecule has 0 saturated carbocycles. The molecule has 0 fully saturated rings. The number of ether oxygens (including phenoxy) is 1. The number of hydrogen-bond donors (Lipinski definition) is 0. The van der Waals surface area contributed by atoms with Crippen molar-refractivity contribution in [3.63, 3.8) is 0 Å². The Bertz CT molecular complexity index is 145. The topological polar surface area (TPSA) is 26.3 Å². The molecule has 0 heterocycles. The van der Waals surface area contributed by atoms with E-state index in [2.05, 4.69) is 4.74 Å². The highest BCUT2D eigenvalue weighted by molar-refractivity contribution is 6.41. The maximum absolute atomic E-state index is 10.5. The third-order valence-electron chi connectivity index (χ3n) is 0.804. The van der Waals surface area contributed by atoms with Gasteiger partial charge in [0.25, 0.3) is 0 Å². The summed E-state index contributed by atoms with van der Waals surface area (Å²) in [7, 11) is 1.30. The third kappa shape index (κ3) is 2.51. The van der Waals surface area contributed by atoms with E-state index in [1.807, 2.05) is 0 Å². The Morgan fingerprint density at radius 3 is 2.00 bits per heavy atom. The highest BCUT2D eigenvalue weighted by atomic mass is 35.5. The molecule has 0 aliphatic rings. The smallest absolute Gasteiger partial charge is 0.349 e. The first-order valence-electron chi connectivity index (χ1n) is 2.51. The molecule has 0 unspecified atom stereocenters. The fourth-order valence-corrected chi connectivity index (χ4v) is 0.371. The number of rotatable bonds is 1. The standard InChI is InChI=1S/C6H9ClO2/c1-4(2)5(7)6(8)9-3/h1-3H3. The Labute approximate surface area is 59.5 Å². The molecule has 0 aliphatic carbocycles. The van der Waals surface area contributed by atoms with Gasteiger partial charge in [-0.25, -0.2) is 4.79 Å². The van der Waals surface area contributed by atoms with Crippen molar-refractivity contribution < 1.29 is 9.53 Å². The Morgan fingerprint density at radius 2 is 1.89 bits per heavy atom. The zero-order valence-corrected chi connectivity index (χ0v) is 6.45. The van der Waals surface area contributed by atoms with E-state index < -0.39 is 5.97 Å². The van der Waals surface area contributed by atoms with Crippen LogP contribution in [0.3, 0.4) is 0 Å². The van der Waals surface area contributed by atoms with Crippen LogP contribution in [0.15, 0.2) is 10.6 Å². The van der Waals surface area contributed by atoms with Gasteiger partial charge in [-0.15, -0.1) is 0 Å². The van der Waals surface area contributed by atoms with Crippen molar-refractivity contribution in [3.8, 4) is 0 Å². The molecular formula is C6H9ClO2. The second-order valence-corrected chi connectivity index (χ2v) is 2.18. The molecule has 0 atom stereocenters. The molecule has 0 aromatic heterocycles.